The van der Waals surface area contributed by atoms with Gasteiger partial charge in [0.2, 0.25) is 10.0 Å². The highest BCUT2D eigenvalue weighted by Crippen LogP contribution is 2.13. The molecule has 0 unspecified atom stereocenters. The number of hydrogen-bond acceptors (Lipinski definition) is 3. The fraction of sp³-hybridized carbons (Fsp3) is 0.235. The van der Waals surface area contributed by atoms with E-state index in [2.05, 4.69) is 27.5 Å². The van der Waals surface area contributed by atoms with Gasteiger partial charge in [-0.05, 0) is 48.5 Å². The Kier molecular flexibility index (Phi) is 6.72. The molecule has 2 aromatic carbocycles. The van der Waals surface area contributed by atoms with Crippen LogP contribution in [-0.2, 0) is 16.4 Å². The summed E-state index contributed by atoms with van der Waals surface area (Å²) in [5, 5.41) is 6.69. The monoisotopic (exact) mass is 363 g/mol. The second-order valence-electron chi connectivity index (χ2n) is 5.14. The summed E-state index contributed by atoms with van der Waals surface area (Å²) in [6, 6.07) is 16.6. The Morgan fingerprint density at radius 1 is 1.04 bits per heavy atom. The van der Waals surface area contributed by atoms with Crippen molar-refractivity contribution in [3.05, 3.63) is 60.2 Å². The van der Waals surface area contributed by atoms with E-state index in [1.54, 1.807) is 31.2 Å². The first-order chi connectivity index (χ1) is 11.5. The first kappa shape index (κ1) is 18.4. The summed E-state index contributed by atoms with van der Waals surface area (Å²) in [7, 11) is -3.43. The molecule has 0 radical (unpaired) electrons. The Bertz CT molecular complexity index is 760. The molecule has 0 heterocycles. The van der Waals surface area contributed by atoms with Crippen LogP contribution in [0.5, 0.6) is 0 Å². The summed E-state index contributed by atoms with van der Waals surface area (Å²) in [5.41, 5.74) is 1.98. The summed E-state index contributed by atoms with van der Waals surface area (Å²) >= 11 is 5.25. The van der Waals surface area contributed by atoms with Gasteiger partial charge in [0.25, 0.3) is 0 Å². The topological polar surface area (TPSA) is 70.2 Å². The van der Waals surface area contributed by atoms with Crippen LogP contribution in [0.1, 0.15) is 12.5 Å². The Morgan fingerprint density at radius 2 is 1.71 bits per heavy atom. The van der Waals surface area contributed by atoms with Crippen LogP contribution in [0.3, 0.4) is 0 Å². The van der Waals surface area contributed by atoms with Gasteiger partial charge in [0.1, 0.15) is 0 Å². The molecule has 3 N–H and O–H groups in total. The van der Waals surface area contributed by atoms with Gasteiger partial charge < -0.3 is 10.6 Å². The molecule has 24 heavy (non-hydrogen) atoms. The van der Waals surface area contributed by atoms with E-state index in [9.17, 15) is 8.42 Å². The van der Waals surface area contributed by atoms with Crippen LogP contribution in [0, 0.1) is 0 Å². The minimum absolute atomic E-state index is 0.234. The van der Waals surface area contributed by atoms with E-state index in [0.29, 0.717) is 11.7 Å². The Morgan fingerprint density at radius 3 is 2.33 bits per heavy atom. The van der Waals surface area contributed by atoms with Gasteiger partial charge in [-0.25, -0.2) is 13.1 Å². The standard InChI is InChI=1S/C17H21N3O2S2/c1-2-19-24(21,22)16-10-8-15(9-11-16)20-17(23)18-13-12-14-6-4-3-5-7-14/h3-11,19H,2,12-13H2,1H3,(H2,18,20,23). The maximum Gasteiger partial charge on any atom is 0.240 e. The molecule has 0 spiro atoms. The molecule has 2 aromatic rings. The van der Waals surface area contributed by atoms with Gasteiger partial charge in [-0.15, -0.1) is 0 Å². The molecular weight excluding hydrogens is 342 g/mol. The molecule has 5 nitrogen and oxygen atoms in total. The number of thiocarbonyl (C=S) groups is 1. The zero-order chi connectivity index (χ0) is 17.4. The lowest BCUT2D eigenvalue weighted by Crippen LogP contribution is -2.30. The van der Waals surface area contributed by atoms with Crippen LogP contribution >= 0.6 is 12.2 Å². The van der Waals surface area contributed by atoms with Gasteiger partial charge >= 0.3 is 0 Å². The van der Waals surface area contributed by atoms with Gasteiger partial charge in [0.05, 0.1) is 4.90 Å². The normalized spacial score (nSPS) is 11.0. The minimum atomic E-state index is -3.43. The van der Waals surface area contributed by atoms with Crippen molar-refractivity contribution in [1.82, 2.24) is 10.0 Å². The largest absolute Gasteiger partial charge is 0.362 e. The van der Waals surface area contributed by atoms with Gasteiger partial charge in [-0.3, -0.25) is 0 Å². The molecule has 0 amide bonds. The summed E-state index contributed by atoms with van der Waals surface area (Å²) in [6.07, 6.45) is 0.878. The number of sulfonamides is 1. The van der Waals surface area contributed by atoms with Crippen molar-refractivity contribution in [3.8, 4) is 0 Å². The average molecular weight is 364 g/mol. The maximum absolute atomic E-state index is 11.9. The lowest BCUT2D eigenvalue weighted by Gasteiger charge is -2.11. The van der Waals surface area contributed by atoms with Crippen LogP contribution in [0.15, 0.2) is 59.5 Å². The molecule has 0 fully saturated rings. The molecule has 0 aliphatic rings. The molecule has 0 atom stereocenters. The van der Waals surface area contributed by atoms with Crippen molar-refractivity contribution in [1.29, 1.82) is 0 Å². The maximum atomic E-state index is 11.9. The fourth-order valence-electron chi connectivity index (χ4n) is 2.13. The lowest BCUT2D eigenvalue weighted by atomic mass is 10.1. The fourth-order valence-corrected chi connectivity index (χ4v) is 3.39. The van der Waals surface area contributed by atoms with Crippen LogP contribution in [0.25, 0.3) is 0 Å². The summed E-state index contributed by atoms with van der Waals surface area (Å²) in [5.74, 6) is 0. The van der Waals surface area contributed by atoms with Crippen LogP contribution in [0.2, 0.25) is 0 Å². The predicted octanol–water partition coefficient (Wildman–Crippen LogP) is 2.51. The predicted molar refractivity (Wildman–Crippen MR) is 102 cm³/mol. The lowest BCUT2D eigenvalue weighted by molar-refractivity contribution is 0.584. The summed E-state index contributed by atoms with van der Waals surface area (Å²) in [6.45, 7) is 2.83. The van der Waals surface area contributed by atoms with Gasteiger partial charge in [-0.1, -0.05) is 37.3 Å². The molecule has 0 aromatic heterocycles. The molecule has 7 heteroatoms. The van der Waals surface area contributed by atoms with Gasteiger partial charge in [0.15, 0.2) is 5.11 Å². The van der Waals surface area contributed by atoms with Crippen molar-refractivity contribution < 1.29 is 8.42 Å². The van der Waals surface area contributed by atoms with Crippen molar-refractivity contribution >= 4 is 33.0 Å². The third-order valence-electron chi connectivity index (χ3n) is 3.30. The third kappa shape index (κ3) is 5.59. The SMILES string of the molecule is CCNS(=O)(=O)c1ccc(NC(=S)NCCc2ccccc2)cc1. The van der Waals surface area contributed by atoms with E-state index in [1.165, 1.54) is 5.56 Å². The van der Waals surface area contributed by atoms with Gasteiger partial charge in [0, 0.05) is 18.8 Å². The summed E-state index contributed by atoms with van der Waals surface area (Å²) < 4.78 is 26.2. The molecular formula is C17H21N3O2S2. The molecule has 128 valence electrons. The van der Waals surface area contributed by atoms with Crippen molar-refractivity contribution in [3.63, 3.8) is 0 Å². The van der Waals surface area contributed by atoms with Gasteiger partial charge in [-0.2, -0.15) is 0 Å². The van der Waals surface area contributed by atoms with Crippen molar-refractivity contribution in [2.24, 2.45) is 0 Å². The number of anilines is 1. The molecule has 2 rings (SSSR count). The van der Waals surface area contributed by atoms with Crippen LogP contribution < -0.4 is 15.4 Å². The quantitative estimate of drug-likeness (QED) is 0.660. The second-order valence-corrected chi connectivity index (χ2v) is 7.32. The third-order valence-corrected chi connectivity index (χ3v) is 5.11. The number of hydrogen-bond donors (Lipinski definition) is 3. The smallest absolute Gasteiger partial charge is 0.240 e. The zero-order valence-electron chi connectivity index (χ0n) is 13.5. The Labute approximate surface area is 148 Å². The van der Waals surface area contributed by atoms with E-state index in [4.69, 9.17) is 12.2 Å². The minimum Gasteiger partial charge on any atom is -0.362 e. The Balaban J connectivity index is 1.84. The molecule has 0 bridgehead atoms. The van der Waals surface area contributed by atoms with Crippen LogP contribution in [0.4, 0.5) is 5.69 Å². The van der Waals surface area contributed by atoms with Crippen molar-refractivity contribution in [2.45, 2.75) is 18.2 Å². The van der Waals surface area contributed by atoms with E-state index in [1.807, 2.05) is 18.2 Å². The van der Waals surface area contributed by atoms with Crippen molar-refractivity contribution in [2.75, 3.05) is 18.4 Å². The number of nitrogens with one attached hydrogen (secondary N) is 3. The molecule has 0 aliphatic carbocycles. The number of rotatable bonds is 7. The molecule has 0 saturated carbocycles. The zero-order valence-corrected chi connectivity index (χ0v) is 15.1. The van der Waals surface area contributed by atoms with E-state index in [-0.39, 0.29) is 4.90 Å². The van der Waals surface area contributed by atoms with E-state index >= 15 is 0 Å². The number of benzene rings is 2. The Hall–Kier alpha value is -1.96. The first-order valence-electron chi connectivity index (χ1n) is 7.70. The highest BCUT2D eigenvalue weighted by molar-refractivity contribution is 7.89. The highest BCUT2D eigenvalue weighted by Gasteiger charge is 2.11. The second kappa shape index (κ2) is 8.77. The average Bonchev–Trinajstić information content (AvgIpc) is 2.56. The molecule has 0 saturated heterocycles. The van der Waals surface area contributed by atoms with E-state index < -0.39 is 10.0 Å². The van der Waals surface area contributed by atoms with Crippen LogP contribution in [-0.4, -0.2) is 26.6 Å². The molecule has 0 aliphatic heterocycles. The highest BCUT2D eigenvalue weighted by atomic mass is 32.2. The summed E-state index contributed by atoms with van der Waals surface area (Å²) in [4.78, 5) is 0.234. The van der Waals surface area contributed by atoms with E-state index in [0.717, 1.165) is 18.7 Å². The first-order valence-corrected chi connectivity index (χ1v) is 9.59.